The summed E-state index contributed by atoms with van der Waals surface area (Å²) < 4.78 is 5.40. The van der Waals surface area contributed by atoms with Crippen LogP contribution in [0.4, 0.5) is 0 Å². The van der Waals surface area contributed by atoms with Gasteiger partial charge in [0.05, 0.1) is 19.1 Å². The van der Waals surface area contributed by atoms with E-state index in [4.69, 9.17) is 4.74 Å². The summed E-state index contributed by atoms with van der Waals surface area (Å²) in [6.45, 7) is 5.28. The highest BCUT2D eigenvalue weighted by Gasteiger charge is 2.21. The van der Waals surface area contributed by atoms with E-state index in [9.17, 15) is 9.90 Å². The van der Waals surface area contributed by atoms with Crippen molar-refractivity contribution >= 4 is 5.91 Å². The van der Waals surface area contributed by atoms with Gasteiger partial charge in [-0.05, 0) is 43.7 Å². The van der Waals surface area contributed by atoms with Crippen molar-refractivity contribution in [2.75, 3.05) is 19.8 Å². The molecule has 1 amide bonds. The molecule has 0 spiro atoms. The molecule has 1 fully saturated rings. The van der Waals surface area contributed by atoms with Gasteiger partial charge in [-0.25, -0.2) is 0 Å². The molecule has 1 aromatic carbocycles. The Labute approximate surface area is 126 Å². The predicted molar refractivity (Wildman–Crippen MR) is 82.2 cm³/mol. The van der Waals surface area contributed by atoms with E-state index < -0.39 is 6.10 Å². The zero-order valence-electron chi connectivity index (χ0n) is 12.9. The highest BCUT2D eigenvalue weighted by atomic mass is 16.5. The second kappa shape index (κ2) is 7.57. The maximum atomic E-state index is 11.9. The third-order valence-corrected chi connectivity index (χ3v) is 3.75. The molecule has 2 N–H and O–H groups in total. The number of aliphatic hydroxyl groups excluding tert-OH is 1. The molecular formula is C17H25NO3. The first-order valence-electron chi connectivity index (χ1n) is 7.63. The average molecular weight is 291 g/mol. The summed E-state index contributed by atoms with van der Waals surface area (Å²) in [6.07, 6.45) is 2.19. The number of carbonyl (C=O) groups excluding carboxylic acids is 1. The van der Waals surface area contributed by atoms with Crippen LogP contribution in [0.3, 0.4) is 0 Å². The first kappa shape index (κ1) is 16.0. The van der Waals surface area contributed by atoms with Gasteiger partial charge in [0.1, 0.15) is 0 Å². The number of nitrogens with one attached hydrogen (secondary N) is 1. The summed E-state index contributed by atoms with van der Waals surface area (Å²) in [4.78, 5) is 11.9. The van der Waals surface area contributed by atoms with Crippen LogP contribution >= 0.6 is 0 Å². The zero-order chi connectivity index (χ0) is 15.2. The Morgan fingerprint density at radius 2 is 2.19 bits per heavy atom. The molecule has 0 saturated heterocycles. The molecule has 2 rings (SSSR count). The number of ether oxygens (including phenoxy) is 1. The molecule has 1 aliphatic carbocycles. The van der Waals surface area contributed by atoms with Gasteiger partial charge in [-0.2, -0.15) is 0 Å². The molecule has 0 heterocycles. The Morgan fingerprint density at radius 3 is 2.90 bits per heavy atom. The Bertz CT molecular complexity index is 483. The average Bonchev–Trinajstić information content (AvgIpc) is 3.25. The molecule has 4 nitrogen and oxygen atoms in total. The van der Waals surface area contributed by atoms with Crippen LogP contribution in [0.1, 0.15) is 29.5 Å². The second-order valence-electron chi connectivity index (χ2n) is 6.05. The monoisotopic (exact) mass is 291 g/mol. The van der Waals surface area contributed by atoms with Crippen molar-refractivity contribution in [1.29, 1.82) is 0 Å². The van der Waals surface area contributed by atoms with Crippen molar-refractivity contribution in [3.05, 3.63) is 34.9 Å². The van der Waals surface area contributed by atoms with Gasteiger partial charge in [0, 0.05) is 13.2 Å². The lowest BCUT2D eigenvalue weighted by Gasteiger charge is -2.13. The fraction of sp³-hybridized carbons (Fsp3) is 0.588. The lowest BCUT2D eigenvalue weighted by atomic mass is 10.0. The van der Waals surface area contributed by atoms with E-state index >= 15 is 0 Å². The van der Waals surface area contributed by atoms with Crippen LogP contribution in [0.5, 0.6) is 0 Å². The van der Waals surface area contributed by atoms with E-state index in [0.29, 0.717) is 18.9 Å². The number of aryl methyl sites for hydroxylation is 2. The van der Waals surface area contributed by atoms with Gasteiger partial charge >= 0.3 is 0 Å². The summed E-state index contributed by atoms with van der Waals surface area (Å²) in [5.74, 6) is 0.626. The van der Waals surface area contributed by atoms with Gasteiger partial charge in [0.25, 0.3) is 0 Å². The fourth-order valence-electron chi connectivity index (χ4n) is 2.17. The van der Waals surface area contributed by atoms with E-state index in [2.05, 4.69) is 5.32 Å². The molecular weight excluding hydrogens is 266 g/mol. The Morgan fingerprint density at radius 1 is 1.43 bits per heavy atom. The van der Waals surface area contributed by atoms with Crippen LogP contribution in [-0.4, -0.2) is 36.9 Å². The Kier molecular flexibility index (Phi) is 5.76. The first-order valence-corrected chi connectivity index (χ1v) is 7.63. The lowest BCUT2D eigenvalue weighted by Crippen LogP contribution is -2.35. The molecule has 1 unspecified atom stereocenters. The Balaban J connectivity index is 1.67. The molecule has 4 heteroatoms. The largest absolute Gasteiger partial charge is 0.389 e. The zero-order valence-corrected chi connectivity index (χ0v) is 12.9. The normalized spacial score (nSPS) is 15.8. The highest BCUT2D eigenvalue weighted by Crippen LogP contribution is 2.28. The number of carbonyl (C=O) groups is 1. The number of benzene rings is 1. The van der Waals surface area contributed by atoms with E-state index in [-0.39, 0.29) is 12.5 Å². The number of hydrogen-bond acceptors (Lipinski definition) is 3. The van der Waals surface area contributed by atoms with Crippen LogP contribution in [0, 0.1) is 19.8 Å². The van der Waals surface area contributed by atoms with Crippen molar-refractivity contribution < 1.29 is 14.6 Å². The lowest BCUT2D eigenvalue weighted by molar-refractivity contribution is -0.121. The van der Waals surface area contributed by atoms with Crippen LogP contribution in [-0.2, 0) is 16.0 Å². The van der Waals surface area contributed by atoms with Crippen LogP contribution in [0.15, 0.2) is 18.2 Å². The van der Waals surface area contributed by atoms with Gasteiger partial charge in [-0.1, -0.05) is 23.8 Å². The van der Waals surface area contributed by atoms with Gasteiger partial charge in [0.15, 0.2) is 0 Å². The van der Waals surface area contributed by atoms with Crippen molar-refractivity contribution in [3.8, 4) is 0 Å². The topological polar surface area (TPSA) is 58.6 Å². The van der Waals surface area contributed by atoms with Gasteiger partial charge in [-0.15, -0.1) is 0 Å². The van der Waals surface area contributed by atoms with E-state index in [1.165, 1.54) is 12.8 Å². The molecule has 116 valence electrons. The van der Waals surface area contributed by atoms with Crippen molar-refractivity contribution in [2.45, 2.75) is 39.2 Å². The number of rotatable bonds is 8. The summed E-state index contributed by atoms with van der Waals surface area (Å²) in [5, 5.41) is 12.5. The van der Waals surface area contributed by atoms with Crippen LogP contribution in [0.2, 0.25) is 0 Å². The maximum absolute atomic E-state index is 11.9. The molecule has 1 saturated carbocycles. The smallest absolute Gasteiger partial charge is 0.224 e. The summed E-state index contributed by atoms with van der Waals surface area (Å²) in [7, 11) is 0. The Hall–Kier alpha value is -1.39. The number of hydrogen-bond donors (Lipinski definition) is 2. The first-order chi connectivity index (χ1) is 10.0. The minimum absolute atomic E-state index is 0.0649. The van der Waals surface area contributed by atoms with E-state index in [0.717, 1.165) is 23.3 Å². The summed E-state index contributed by atoms with van der Waals surface area (Å²) >= 11 is 0. The minimum atomic E-state index is -0.633. The standard InChI is InChI=1S/C17H25NO3/c1-12-3-4-13(2)15(7-12)8-17(20)18-9-16(19)11-21-10-14-5-6-14/h3-4,7,14,16,19H,5-6,8-11H2,1-2H3,(H,18,20). The third-order valence-electron chi connectivity index (χ3n) is 3.75. The maximum Gasteiger partial charge on any atom is 0.224 e. The molecule has 1 aromatic rings. The minimum Gasteiger partial charge on any atom is -0.389 e. The van der Waals surface area contributed by atoms with E-state index in [1.807, 2.05) is 32.0 Å². The SMILES string of the molecule is Cc1ccc(C)c(CC(=O)NCC(O)COCC2CC2)c1. The summed E-state index contributed by atoms with van der Waals surface area (Å²) in [6, 6.07) is 6.10. The van der Waals surface area contributed by atoms with Crippen LogP contribution in [0.25, 0.3) is 0 Å². The third kappa shape index (κ3) is 5.86. The van der Waals surface area contributed by atoms with Gasteiger partial charge in [-0.3, -0.25) is 4.79 Å². The number of amides is 1. The van der Waals surface area contributed by atoms with E-state index in [1.54, 1.807) is 0 Å². The van der Waals surface area contributed by atoms with Crippen LogP contribution < -0.4 is 5.32 Å². The van der Waals surface area contributed by atoms with Gasteiger partial charge in [0.2, 0.25) is 5.91 Å². The molecule has 1 aliphatic rings. The summed E-state index contributed by atoms with van der Waals surface area (Å²) in [5.41, 5.74) is 3.30. The quantitative estimate of drug-likeness (QED) is 0.767. The highest BCUT2D eigenvalue weighted by molar-refractivity contribution is 5.79. The predicted octanol–water partition coefficient (Wildman–Crippen LogP) is 1.75. The molecule has 0 bridgehead atoms. The van der Waals surface area contributed by atoms with Crippen molar-refractivity contribution in [3.63, 3.8) is 0 Å². The van der Waals surface area contributed by atoms with Gasteiger partial charge < -0.3 is 15.2 Å². The molecule has 1 atom stereocenters. The fourth-order valence-corrected chi connectivity index (χ4v) is 2.17. The molecule has 0 aliphatic heterocycles. The molecule has 0 aromatic heterocycles. The molecule has 21 heavy (non-hydrogen) atoms. The van der Waals surface area contributed by atoms with Crippen molar-refractivity contribution in [1.82, 2.24) is 5.32 Å². The second-order valence-corrected chi connectivity index (χ2v) is 6.05. The number of aliphatic hydroxyl groups is 1. The van der Waals surface area contributed by atoms with Crippen molar-refractivity contribution in [2.24, 2.45) is 5.92 Å². The molecule has 0 radical (unpaired) electrons.